The third-order valence-electron chi connectivity index (χ3n) is 3.64. The van der Waals surface area contributed by atoms with Crippen LogP contribution in [0.15, 0.2) is 12.1 Å². The molecular formula is C13H17F2NO. The maximum Gasteiger partial charge on any atom is 0.168 e. The number of hydrogen-bond donors (Lipinski definition) is 1. The molecule has 2 nitrogen and oxygen atoms in total. The minimum absolute atomic E-state index is 0.119. The van der Waals surface area contributed by atoms with Crippen molar-refractivity contribution in [3.8, 4) is 5.75 Å². The van der Waals surface area contributed by atoms with Crippen molar-refractivity contribution in [2.45, 2.75) is 44.8 Å². The highest BCUT2D eigenvalue weighted by Crippen LogP contribution is 2.43. The predicted octanol–water partition coefficient (Wildman–Crippen LogP) is 3.31. The monoisotopic (exact) mass is 241 g/mol. The molecule has 17 heavy (non-hydrogen) atoms. The number of fused-ring (bicyclic) bond motifs is 1. The molecule has 0 amide bonds. The van der Waals surface area contributed by atoms with E-state index in [0.717, 1.165) is 18.9 Å². The zero-order valence-corrected chi connectivity index (χ0v) is 10.1. The maximum absolute atomic E-state index is 13.7. The van der Waals surface area contributed by atoms with Crippen LogP contribution >= 0.6 is 0 Å². The molecule has 0 aromatic heterocycles. The summed E-state index contributed by atoms with van der Waals surface area (Å²) in [5.41, 5.74) is 6.00. The van der Waals surface area contributed by atoms with Crippen LogP contribution in [0.3, 0.4) is 0 Å². The van der Waals surface area contributed by atoms with Gasteiger partial charge in [0.15, 0.2) is 11.6 Å². The van der Waals surface area contributed by atoms with E-state index in [1.54, 1.807) is 0 Å². The molecule has 2 N–H and O–H groups in total. The third-order valence-corrected chi connectivity index (χ3v) is 3.64. The lowest BCUT2D eigenvalue weighted by Crippen LogP contribution is -2.42. The van der Waals surface area contributed by atoms with E-state index < -0.39 is 17.2 Å². The van der Waals surface area contributed by atoms with Gasteiger partial charge in [-0.15, -0.1) is 0 Å². The van der Waals surface area contributed by atoms with Crippen molar-refractivity contribution < 1.29 is 13.5 Å². The lowest BCUT2D eigenvalue weighted by molar-refractivity contribution is 0.0237. The first-order chi connectivity index (χ1) is 8.01. The molecule has 1 aromatic rings. The largest absolute Gasteiger partial charge is 0.484 e. The lowest BCUT2D eigenvalue weighted by atomic mass is 9.84. The molecule has 1 atom stereocenters. The van der Waals surface area contributed by atoms with Crippen molar-refractivity contribution >= 4 is 0 Å². The standard InChI is InChI=1S/C13H17F2NO/c1-3-13(4-2)7-11(16)9-5-8(14)6-10(15)12(9)17-13/h5-6,11H,3-4,7,16H2,1-2H3/t11-/m1/s1. The Labute approximate surface area is 99.8 Å². The van der Waals surface area contributed by atoms with E-state index in [-0.39, 0.29) is 11.8 Å². The predicted molar refractivity (Wildman–Crippen MR) is 61.8 cm³/mol. The van der Waals surface area contributed by atoms with Gasteiger partial charge in [-0.25, -0.2) is 8.78 Å². The van der Waals surface area contributed by atoms with Crippen molar-refractivity contribution in [3.63, 3.8) is 0 Å². The summed E-state index contributed by atoms with van der Waals surface area (Å²) in [6.45, 7) is 3.98. The molecule has 0 saturated carbocycles. The van der Waals surface area contributed by atoms with Crippen LogP contribution in [0, 0.1) is 11.6 Å². The average molecular weight is 241 g/mol. The molecule has 0 bridgehead atoms. The molecule has 2 rings (SSSR count). The lowest BCUT2D eigenvalue weighted by Gasteiger charge is -2.40. The summed E-state index contributed by atoms with van der Waals surface area (Å²) in [5, 5.41) is 0. The molecule has 1 aliphatic rings. The Kier molecular flexibility index (Phi) is 3.08. The van der Waals surface area contributed by atoms with E-state index >= 15 is 0 Å². The summed E-state index contributed by atoms with van der Waals surface area (Å²) in [4.78, 5) is 0. The highest BCUT2D eigenvalue weighted by molar-refractivity contribution is 5.40. The molecule has 94 valence electrons. The first-order valence-corrected chi connectivity index (χ1v) is 5.95. The van der Waals surface area contributed by atoms with Gasteiger partial charge < -0.3 is 10.5 Å². The topological polar surface area (TPSA) is 35.2 Å². The van der Waals surface area contributed by atoms with Gasteiger partial charge in [-0.05, 0) is 18.9 Å². The van der Waals surface area contributed by atoms with Crippen LogP contribution in [0.1, 0.15) is 44.7 Å². The highest BCUT2D eigenvalue weighted by atomic mass is 19.1. The second-order valence-corrected chi connectivity index (χ2v) is 4.61. The molecule has 0 fully saturated rings. The van der Waals surface area contributed by atoms with Crippen molar-refractivity contribution in [2.75, 3.05) is 0 Å². The quantitative estimate of drug-likeness (QED) is 0.862. The van der Waals surface area contributed by atoms with Crippen molar-refractivity contribution in [2.24, 2.45) is 5.73 Å². The molecule has 0 aliphatic carbocycles. The molecule has 0 spiro atoms. The smallest absolute Gasteiger partial charge is 0.168 e. The Bertz CT molecular complexity index is 430. The molecule has 1 aliphatic heterocycles. The van der Waals surface area contributed by atoms with Gasteiger partial charge >= 0.3 is 0 Å². The van der Waals surface area contributed by atoms with Crippen LogP contribution in [-0.4, -0.2) is 5.60 Å². The normalized spacial score (nSPS) is 21.8. The fourth-order valence-electron chi connectivity index (χ4n) is 2.42. The van der Waals surface area contributed by atoms with Gasteiger partial charge in [0.1, 0.15) is 11.4 Å². The summed E-state index contributed by atoms with van der Waals surface area (Å²) >= 11 is 0. The number of halogens is 2. The minimum Gasteiger partial charge on any atom is -0.484 e. The van der Waals surface area contributed by atoms with E-state index in [1.165, 1.54) is 6.07 Å². The molecule has 1 aromatic carbocycles. The van der Waals surface area contributed by atoms with Gasteiger partial charge in [-0.1, -0.05) is 13.8 Å². The van der Waals surface area contributed by atoms with Crippen molar-refractivity contribution in [1.82, 2.24) is 0 Å². The van der Waals surface area contributed by atoms with Gasteiger partial charge in [0.2, 0.25) is 0 Å². The molecular weight excluding hydrogens is 224 g/mol. The average Bonchev–Trinajstić information content (AvgIpc) is 2.30. The number of nitrogens with two attached hydrogens (primary N) is 1. The zero-order chi connectivity index (χ0) is 12.6. The van der Waals surface area contributed by atoms with Crippen LogP contribution in [0.5, 0.6) is 5.75 Å². The fraction of sp³-hybridized carbons (Fsp3) is 0.538. The second kappa shape index (κ2) is 4.26. The van der Waals surface area contributed by atoms with Crippen molar-refractivity contribution in [3.05, 3.63) is 29.3 Å². The van der Waals surface area contributed by atoms with Crippen LogP contribution in [0.4, 0.5) is 8.78 Å². The van der Waals surface area contributed by atoms with E-state index in [0.29, 0.717) is 12.0 Å². The third kappa shape index (κ3) is 2.02. The van der Waals surface area contributed by atoms with E-state index in [9.17, 15) is 8.78 Å². The zero-order valence-electron chi connectivity index (χ0n) is 10.1. The maximum atomic E-state index is 13.7. The van der Waals surface area contributed by atoms with Crippen LogP contribution < -0.4 is 10.5 Å². The van der Waals surface area contributed by atoms with Gasteiger partial charge in [0, 0.05) is 24.1 Å². The SMILES string of the molecule is CCC1(CC)C[C@@H](N)c2cc(F)cc(F)c2O1. The Balaban J connectivity index is 2.49. The number of hydrogen-bond acceptors (Lipinski definition) is 2. The summed E-state index contributed by atoms with van der Waals surface area (Å²) in [7, 11) is 0. The molecule has 0 saturated heterocycles. The summed E-state index contributed by atoms with van der Waals surface area (Å²) in [5.74, 6) is -1.16. The summed E-state index contributed by atoms with van der Waals surface area (Å²) in [6.07, 6.45) is 2.11. The second-order valence-electron chi connectivity index (χ2n) is 4.61. The first kappa shape index (κ1) is 12.3. The Hall–Kier alpha value is -1.16. The van der Waals surface area contributed by atoms with Gasteiger partial charge in [0.05, 0.1) is 0 Å². The van der Waals surface area contributed by atoms with Gasteiger partial charge in [-0.2, -0.15) is 0 Å². The Morgan fingerprint density at radius 1 is 1.35 bits per heavy atom. The number of benzene rings is 1. The molecule has 4 heteroatoms. The molecule has 1 heterocycles. The Morgan fingerprint density at radius 2 is 2.00 bits per heavy atom. The van der Waals surface area contributed by atoms with Gasteiger partial charge in [-0.3, -0.25) is 0 Å². The Morgan fingerprint density at radius 3 is 2.59 bits per heavy atom. The summed E-state index contributed by atoms with van der Waals surface area (Å²) in [6, 6.07) is 1.73. The molecule has 0 radical (unpaired) electrons. The van der Waals surface area contributed by atoms with Crippen LogP contribution in [0.25, 0.3) is 0 Å². The van der Waals surface area contributed by atoms with E-state index in [1.807, 2.05) is 13.8 Å². The van der Waals surface area contributed by atoms with Crippen LogP contribution in [-0.2, 0) is 0 Å². The van der Waals surface area contributed by atoms with E-state index in [2.05, 4.69) is 0 Å². The first-order valence-electron chi connectivity index (χ1n) is 5.95. The summed E-state index contributed by atoms with van der Waals surface area (Å²) < 4.78 is 32.6. The molecule has 0 unspecified atom stereocenters. The fourth-order valence-corrected chi connectivity index (χ4v) is 2.42. The van der Waals surface area contributed by atoms with Crippen molar-refractivity contribution in [1.29, 1.82) is 0 Å². The number of ether oxygens (including phenoxy) is 1. The van der Waals surface area contributed by atoms with E-state index in [4.69, 9.17) is 10.5 Å². The highest BCUT2D eigenvalue weighted by Gasteiger charge is 2.38. The minimum atomic E-state index is -0.665. The number of rotatable bonds is 2. The van der Waals surface area contributed by atoms with Crippen LogP contribution in [0.2, 0.25) is 0 Å². The van der Waals surface area contributed by atoms with Gasteiger partial charge in [0.25, 0.3) is 0 Å².